The van der Waals surface area contributed by atoms with Crippen LogP contribution in [0.5, 0.6) is 5.75 Å². The zero-order valence-corrected chi connectivity index (χ0v) is 10.6. The first kappa shape index (κ1) is 12.9. The second-order valence-corrected chi connectivity index (χ2v) is 4.91. The van der Waals surface area contributed by atoms with E-state index in [4.69, 9.17) is 0 Å². The second kappa shape index (κ2) is 6.38. The topological polar surface area (TPSA) is 62.2 Å². The van der Waals surface area contributed by atoms with Crippen molar-refractivity contribution in [1.82, 2.24) is 10.3 Å². The number of hydrogen-bond acceptors (Lipinski definition) is 3. The molecular weight excluding hydrogens is 228 g/mol. The van der Waals surface area contributed by atoms with Gasteiger partial charge in [0.05, 0.1) is 11.8 Å². The first-order chi connectivity index (χ1) is 8.77. The summed E-state index contributed by atoms with van der Waals surface area (Å²) in [5, 5.41) is 12.6. The highest BCUT2D eigenvalue weighted by molar-refractivity contribution is 5.96. The van der Waals surface area contributed by atoms with Gasteiger partial charge in [-0.15, -0.1) is 0 Å². The lowest BCUT2D eigenvalue weighted by Crippen LogP contribution is -2.35. The Morgan fingerprint density at radius 1 is 1.22 bits per heavy atom. The van der Waals surface area contributed by atoms with Gasteiger partial charge in [0.1, 0.15) is 5.75 Å². The molecule has 98 valence electrons. The molecule has 4 nitrogen and oxygen atoms in total. The molecule has 1 aliphatic carbocycles. The molecule has 0 saturated heterocycles. The highest BCUT2D eigenvalue weighted by atomic mass is 16.3. The van der Waals surface area contributed by atoms with Gasteiger partial charge in [-0.3, -0.25) is 9.78 Å². The maximum absolute atomic E-state index is 12.0. The molecule has 0 bridgehead atoms. The molecule has 0 atom stereocenters. The Balaban J connectivity index is 1.95. The molecule has 1 aromatic rings. The summed E-state index contributed by atoms with van der Waals surface area (Å²) in [6, 6.07) is 1.79. The zero-order chi connectivity index (χ0) is 12.8. The largest absolute Gasteiger partial charge is 0.505 e. The highest BCUT2D eigenvalue weighted by Crippen LogP contribution is 2.19. The quantitative estimate of drug-likeness (QED) is 0.845. The summed E-state index contributed by atoms with van der Waals surface area (Å²) in [5.74, 6) is -0.249. The summed E-state index contributed by atoms with van der Waals surface area (Å²) in [7, 11) is 0. The Kier molecular flexibility index (Phi) is 4.56. The van der Waals surface area contributed by atoms with Crippen molar-refractivity contribution in [3.05, 3.63) is 24.0 Å². The number of amides is 1. The molecule has 1 aliphatic rings. The summed E-state index contributed by atoms with van der Waals surface area (Å²) in [6.45, 7) is 0. The van der Waals surface area contributed by atoms with Gasteiger partial charge in [-0.25, -0.2) is 0 Å². The molecule has 1 aromatic heterocycles. The maximum Gasteiger partial charge on any atom is 0.255 e. The number of hydrogen-bond donors (Lipinski definition) is 2. The van der Waals surface area contributed by atoms with Gasteiger partial charge in [-0.2, -0.15) is 0 Å². The van der Waals surface area contributed by atoms with Crippen LogP contribution in [-0.4, -0.2) is 22.0 Å². The SMILES string of the molecule is O=C(NC1CCCCCCC1)c1ccncc1O. The molecule has 1 heterocycles. The first-order valence-electron chi connectivity index (χ1n) is 6.71. The van der Waals surface area contributed by atoms with Crippen LogP contribution in [0.3, 0.4) is 0 Å². The third kappa shape index (κ3) is 3.45. The Bertz CT molecular complexity index is 399. The van der Waals surface area contributed by atoms with Crippen LogP contribution in [0.15, 0.2) is 18.5 Å². The monoisotopic (exact) mass is 248 g/mol. The van der Waals surface area contributed by atoms with E-state index < -0.39 is 0 Å². The summed E-state index contributed by atoms with van der Waals surface area (Å²) in [4.78, 5) is 15.8. The fourth-order valence-corrected chi connectivity index (χ4v) is 2.44. The first-order valence-corrected chi connectivity index (χ1v) is 6.71. The Hall–Kier alpha value is -1.58. The van der Waals surface area contributed by atoms with Crippen LogP contribution in [0.4, 0.5) is 0 Å². The fourth-order valence-electron chi connectivity index (χ4n) is 2.44. The van der Waals surface area contributed by atoms with Gasteiger partial charge in [0.25, 0.3) is 5.91 Å². The normalized spacial score (nSPS) is 17.8. The van der Waals surface area contributed by atoms with E-state index in [1.807, 2.05) is 0 Å². The highest BCUT2D eigenvalue weighted by Gasteiger charge is 2.17. The van der Waals surface area contributed by atoms with Crippen LogP contribution in [0.1, 0.15) is 55.3 Å². The van der Waals surface area contributed by atoms with Crippen molar-refractivity contribution in [3.63, 3.8) is 0 Å². The number of carbonyl (C=O) groups is 1. The van der Waals surface area contributed by atoms with E-state index in [1.54, 1.807) is 6.07 Å². The van der Waals surface area contributed by atoms with Crippen LogP contribution in [-0.2, 0) is 0 Å². The van der Waals surface area contributed by atoms with Crippen molar-refractivity contribution in [3.8, 4) is 5.75 Å². The molecule has 0 spiro atoms. The van der Waals surface area contributed by atoms with Gasteiger partial charge >= 0.3 is 0 Å². The molecule has 0 unspecified atom stereocenters. The zero-order valence-electron chi connectivity index (χ0n) is 10.6. The smallest absolute Gasteiger partial charge is 0.255 e. The Labute approximate surface area is 107 Å². The molecule has 1 amide bonds. The standard InChI is InChI=1S/C14H20N2O2/c17-13-10-15-9-8-12(13)14(18)16-11-6-4-2-1-3-5-7-11/h8-11,17H,1-7H2,(H,16,18). The Morgan fingerprint density at radius 2 is 1.89 bits per heavy atom. The van der Waals surface area contributed by atoms with Crippen molar-refractivity contribution in [2.45, 2.75) is 51.0 Å². The lowest BCUT2D eigenvalue weighted by atomic mass is 9.96. The van der Waals surface area contributed by atoms with Crippen molar-refractivity contribution < 1.29 is 9.90 Å². The van der Waals surface area contributed by atoms with Gasteiger partial charge in [-0.05, 0) is 18.9 Å². The van der Waals surface area contributed by atoms with Gasteiger partial charge in [0, 0.05) is 12.2 Å². The van der Waals surface area contributed by atoms with E-state index in [0.717, 1.165) is 12.8 Å². The Morgan fingerprint density at radius 3 is 2.56 bits per heavy atom. The number of rotatable bonds is 2. The number of pyridine rings is 1. The van der Waals surface area contributed by atoms with E-state index >= 15 is 0 Å². The lowest BCUT2D eigenvalue weighted by molar-refractivity contribution is 0.0927. The minimum absolute atomic E-state index is 0.0548. The molecule has 2 N–H and O–H groups in total. The van der Waals surface area contributed by atoms with Crippen molar-refractivity contribution in [2.24, 2.45) is 0 Å². The summed E-state index contributed by atoms with van der Waals surface area (Å²) >= 11 is 0. The van der Waals surface area contributed by atoms with E-state index in [2.05, 4.69) is 10.3 Å². The minimum Gasteiger partial charge on any atom is -0.505 e. The average Bonchev–Trinajstić information content (AvgIpc) is 2.33. The fraction of sp³-hybridized carbons (Fsp3) is 0.571. The summed E-state index contributed by atoms with van der Waals surface area (Å²) in [6.07, 6.45) is 11.1. The van der Waals surface area contributed by atoms with Gasteiger partial charge in [-0.1, -0.05) is 32.1 Å². The number of nitrogens with one attached hydrogen (secondary N) is 1. The van der Waals surface area contributed by atoms with E-state index in [9.17, 15) is 9.90 Å². The van der Waals surface area contributed by atoms with Gasteiger partial charge in [0.2, 0.25) is 0 Å². The summed E-state index contributed by atoms with van der Waals surface area (Å²) < 4.78 is 0. The molecule has 0 aromatic carbocycles. The predicted molar refractivity (Wildman–Crippen MR) is 69.5 cm³/mol. The average molecular weight is 248 g/mol. The minimum atomic E-state index is -0.194. The van der Waals surface area contributed by atoms with E-state index in [0.29, 0.717) is 5.56 Å². The van der Waals surface area contributed by atoms with Crippen molar-refractivity contribution in [1.29, 1.82) is 0 Å². The molecule has 0 radical (unpaired) electrons. The third-order valence-corrected chi connectivity index (χ3v) is 3.49. The number of aromatic nitrogens is 1. The van der Waals surface area contributed by atoms with Crippen molar-refractivity contribution in [2.75, 3.05) is 0 Å². The van der Waals surface area contributed by atoms with E-state index in [1.165, 1.54) is 44.5 Å². The third-order valence-electron chi connectivity index (χ3n) is 3.49. The number of nitrogens with zero attached hydrogens (tertiary/aromatic N) is 1. The van der Waals surface area contributed by atoms with Crippen LogP contribution in [0.25, 0.3) is 0 Å². The van der Waals surface area contributed by atoms with Crippen LogP contribution in [0.2, 0.25) is 0 Å². The number of aromatic hydroxyl groups is 1. The summed E-state index contributed by atoms with van der Waals surface area (Å²) in [5.41, 5.74) is 0.312. The maximum atomic E-state index is 12.0. The molecule has 1 fully saturated rings. The van der Waals surface area contributed by atoms with Crippen LogP contribution in [0, 0.1) is 0 Å². The predicted octanol–water partition coefficient (Wildman–Crippen LogP) is 2.63. The van der Waals surface area contributed by atoms with Crippen LogP contribution < -0.4 is 5.32 Å². The molecule has 1 saturated carbocycles. The number of carbonyl (C=O) groups excluding carboxylic acids is 1. The molecular formula is C14H20N2O2. The molecule has 4 heteroatoms. The van der Waals surface area contributed by atoms with E-state index in [-0.39, 0.29) is 17.7 Å². The molecule has 0 aliphatic heterocycles. The van der Waals surface area contributed by atoms with Gasteiger partial charge in [0.15, 0.2) is 0 Å². The lowest BCUT2D eigenvalue weighted by Gasteiger charge is -2.21. The van der Waals surface area contributed by atoms with Crippen LogP contribution >= 0.6 is 0 Å². The molecule has 2 rings (SSSR count). The van der Waals surface area contributed by atoms with Crippen molar-refractivity contribution >= 4 is 5.91 Å². The van der Waals surface area contributed by atoms with Gasteiger partial charge < -0.3 is 10.4 Å². The molecule has 18 heavy (non-hydrogen) atoms. The second-order valence-electron chi connectivity index (χ2n) is 4.91.